The van der Waals surface area contributed by atoms with Gasteiger partial charge in [0.15, 0.2) is 9.84 Å². The molecule has 1 heterocycles. The van der Waals surface area contributed by atoms with E-state index in [0.717, 1.165) is 24.6 Å². The number of nitrogens with zero attached hydrogens (tertiary/aromatic N) is 2. The minimum Gasteiger partial charge on any atom is -0.386 e. The molecule has 1 aliphatic carbocycles. The summed E-state index contributed by atoms with van der Waals surface area (Å²) in [5.41, 5.74) is 4.00. The van der Waals surface area contributed by atoms with Crippen molar-refractivity contribution in [3.8, 4) is 0 Å². The van der Waals surface area contributed by atoms with Gasteiger partial charge < -0.3 is 5.73 Å². The molecular weight excluding hydrogens is 325 g/mol. The van der Waals surface area contributed by atoms with Gasteiger partial charge in [0.25, 0.3) is 5.69 Å². The Morgan fingerprint density at radius 3 is 2.52 bits per heavy atom. The van der Waals surface area contributed by atoms with E-state index in [1.54, 1.807) is 0 Å². The second-order valence-electron chi connectivity index (χ2n) is 6.30. The highest BCUT2D eigenvalue weighted by atomic mass is 32.2. The van der Waals surface area contributed by atoms with Crippen molar-refractivity contribution < 1.29 is 17.7 Å². The van der Waals surface area contributed by atoms with E-state index in [4.69, 9.17) is 5.73 Å². The molecule has 7 nitrogen and oxygen atoms in total. The Morgan fingerprint density at radius 1 is 1.39 bits per heavy atom. The van der Waals surface area contributed by atoms with Gasteiger partial charge in [0.05, 0.1) is 10.7 Å². The number of non-ortho nitro benzene ring substituents is 1. The number of hydrogen-bond acceptors (Lipinski definition) is 6. The molecule has 1 aromatic rings. The molecular formula is C14H16FN3O4S. The van der Waals surface area contributed by atoms with Gasteiger partial charge in [0.1, 0.15) is 21.9 Å². The molecule has 1 saturated carbocycles. The third-order valence-corrected chi connectivity index (χ3v) is 7.55. The van der Waals surface area contributed by atoms with E-state index in [-0.39, 0.29) is 17.1 Å². The molecule has 1 unspecified atom stereocenters. The van der Waals surface area contributed by atoms with E-state index in [9.17, 15) is 22.9 Å². The molecule has 1 aromatic carbocycles. The van der Waals surface area contributed by atoms with Crippen LogP contribution in [0.15, 0.2) is 23.2 Å². The lowest BCUT2D eigenvalue weighted by molar-refractivity contribution is -0.385. The fourth-order valence-corrected chi connectivity index (χ4v) is 5.82. The zero-order valence-electron chi connectivity index (χ0n) is 12.5. The Balaban J connectivity index is 2.17. The van der Waals surface area contributed by atoms with Crippen LogP contribution in [0, 0.1) is 15.9 Å². The Morgan fingerprint density at radius 2 is 2.04 bits per heavy atom. The molecule has 1 atom stereocenters. The highest BCUT2D eigenvalue weighted by molar-refractivity contribution is 7.93. The van der Waals surface area contributed by atoms with Gasteiger partial charge in [-0.1, -0.05) is 0 Å². The number of nitro benzene ring substituents is 1. The lowest BCUT2D eigenvalue weighted by Gasteiger charge is -2.46. The summed E-state index contributed by atoms with van der Waals surface area (Å²) in [6.07, 6.45) is 1.58. The third-order valence-electron chi connectivity index (χ3n) is 4.80. The fraction of sp³-hybridized carbons (Fsp3) is 0.500. The molecule has 1 aliphatic heterocycles. The minimum atomic E-state index is -3.63. The summed E-state index contributed by atoms with van der Waals surface area (Å²) in [6.45, 7) is 1.44. The maximum atomic E-state index is 14.2. The maximum absolute atomic E-state index is 14.2. The van der Waals surface area contributed by atoms with Crippen molar-refractivity contribution in [1.29, 1.82) is 0 Å². The van der Waals surface area contributed by atoms with Crippen molar-refractivity contribution in [2.45, 2.75) is 36.5 Å². The second-order valence-corrected chi connectivity index (χ2v) is 8.60. The Hall–Kier alpha value is -2.03. The normalized spacial score (nSPS) is 28.0. The van der Waals surface area contributed by atoms with Gasteiger partial charge in [-0.15, -0.1) is 0 Å². The number of aliphatic imine (C=N–C) groups is 1. The summed E-state index contributed by atoms with van der Waals surface area (Å²) in [4.78, 5) is 14.5. The first kappa shape index (κ1) is 15.9. The van der Waals surface area contributed by atoms with Gasteiger partial charge >= 0.3 is 0 Å². The van der Waals surface area contributed by atoms with Crippen LogP contribution in [0.1, 0.15) is 31.7 Å². The quantitative estimate of drug-likeness (QED) is 0.648. The van der Waals surface area contributed by atoms with Crippen LogP contribution < -0.4 is 5.73 Å². The van der Waals surface area contributed by atoms with Crippen LogP contribution in [0.5, 0.6) is 0 Å². The predicted molar refractivity (Wildman–Crippen MR) is 82.4 cm³/mol. The molecule has 1 spiro atoms. The molecule has 2 N–H and O–H groups in total. The van der Waals surface area contributed by atoms with E-state index in [1.807, 2.05) is 0 Å². The third kappa shape index (κ3) is 2.13. The summed E-state index contributed by atoms with van der Waals surface area (Å²) < 4.78 is 38.5. The highest BCUT2D eigenvalue weighted by Gasteiger charge is 2.58. The van der Waals surface area contributed by atoms with Crippen molar-refractivity contribution in [3.05, 3.63) is 39.7 Å². The van der Waals surface area contributed by atoms with Crippen LogP contribution in [0.2, 0.25) is 0 Å². The number of amidine groups is 1. The maximum Gasteiger partial charge on any atom is 0.270 e. The number of sulfone groups is 1. The smallest absolute Gasteiger partial charge is 0.270 e. The van der Waals surface area contributed by atoms with E-state index >= 15 is 0 Å². The summed E-state index contributed by atoms with van der Waals surface area (Å²) in [7, 11) is -3.63. The van der Waals surface area contributed by atoms with Crippen LogP contribution in [0.4, 0.5) is 10.1 Å². The van der Waals surface area contributed by atoms with Crippen LogP contribution in [0.25, 0.3) is 0 Å². The molecule has 0 saturated heterocycles. The largest absolute Gasteiger partial charge is 0.386 e. The zero-order valence-corrected chi connectivity index (χ0v) is 13.3. The van der Waals surface area contributed by atoms with Gasteiger partial charge in [-0.05, 0) is 32.3 Å². The number of nitrogens with two attached hydrogens (primary N) is 1. The number of hydrogen-bond donors (Lipinski definition) is 1. The standard InChI is InChI=1S/C14H16FN3O4S/c1-13(10-7-9(18(19)20)3-4-11(10)15)8-23(21,22)14(5-2-6-14)12(16)17-13/h3-4,7H,2,5-6,8H2,1H3,(H2,16,17). The lowest BCUT2D eigenvalue weighted by atomic mass is 9.82. The molecule has 0 aromatic heterocycles. The average Bonchev–Trinajstić information content (AvgIpc) is 2.34. The number of rotatable bonds is 2. The van der Waals surface area contributed by atoms with Crippen molar-refractivity contribution >= 4 is 21.4 Å². The number of nitro groups is 1. The summed E-state index contributed by atoms with van der Waals surface area (Å²) >= 11 is 0. The van der Waals surface area contributed by atoms with Crippen LogP contribution in [-0.2, 0) is 15.4 Å². The molecule has 124 valence electrons. The van der Waals surface area contributed by atoms with Gasteiger partial charge in [-0.3, -0.25) is 15.1 Å². The SMILES string of the molecule is CC1(c2cc([N+](=O)[O-])ccc2F)CS(=O)(=O)C2(CCC2)C(N)=N1. The van der Waals surface area contributed by atoms with Gasteiger partial charge in [-0.2, -0.15) is 0 Å². The van der Waals surface area contributed by atoms with Gasteiger partial charge in [0, 0.05) is 17.7 Å². The van der Waals surface area contributed by atoms with Crippen molar-refractivity contribution in [2.75, 3.05) is 5.75 Å². The van der Waals surface area contributed by atoms with Gasteiger partial charge in [-0.25, -0.2) is 12.8 Å². The van der Waals surface area contributed by atoms with E-state index in [1.165, 1.54) is 6.92 Å². The number of benzene rings is 1. The van der Waals surface area contributed by atoms with Gasteiger partial charge in [0.2, 0.25) is 0 Å². The first-order valence-electron chi connectivity index (χ1n) is 7.14. The fourth-order valence-electron chi connectivity index (χ4n) is 3.31. The number of halogens is 1. The van der Waals surface area contributed by atoms with E-state index < -0.39 is 36.6 Å². The molecule has 1 fully saturated rings. The van der Waals surface area contributed by atoms with Crippen LogP contribution >= 0.6 is 0 Å². The average molecular weight is 341 g/mol. The first-order valence-corrected chi connectivity index (χ1v) is 8.79. The van der Waals surface area contributed by atoms with Crippen molar-refractivity contribution in [3.63, 3.8) is 0 Å². The Bertz CT molecular complexity index is 832. The molecule has 3 rings (SSSR count). The summed E-state index contributed by atoms with van der Waals surface area (Å²) in [5.74, 6) is -1.18. The Kier molecular flexibility index (Phi) is 3.26. The van der Waals surface area contributed by atoms with Crippen LogP contribution in [-0.4, -0.2) is 29.7 Å². The molecule has 0 bridgehead atoms. The van der Waals surface area contributed by atoms with E-state index in [2.05, 4.69) is 4.99 Å². The van der Waals surface area contributed by atoms with Crippen molar-refractivity contribution in [1.82, 2.24) is 0 Å². The van der Waals surface area contributed by atoms with Crippen LogP contribution in [0.3, 0.4) is 0 Å². The highest BCUT2D eigenvalue weighted by Crippen LogP contribution is 2.47. The molecule has 2 aliphatic rings. The Labute approximate surface area is 132 Å². The van der Waals surface area contributed by atoms with Crippen molar-refractivity contribution in [2.24, 2.45) is 10.7 Å². The molecule has 9 heteroatoms. The first-order chi connectivity index (χ1) is 10.6. The lowest BCUT2D eigenvalue weighted by Crippen LogP contribution is -2.61. The topological polar surface area (TPSA) is 116 Å². The molecule has 0 amide bonds. The monoisotopic (exact) mass is 341 g/mol. The minimum absolute atomic E-state index is 0.0246. The predicted octanol–water partition coefficient (Wildman–Crippen LogP) is 1.66. The summed E-state index contributed by atoms with van der Waals surface area (Å²) in [5, 5.41) is 10.9. The second kappa shape index (κ2) is 4.73. The zero-order chi connectivity index (χ0) is 17.0. The van der Waals surface area contributed by atoms with E-state index in [0.29, 0.717) is 12.8 Å². The molecule has 0 radical (unpaired) electrons. The molecule has 23 heavy (non-hydrogen) atoms. The summed E-state index contributed by atoms with van der Waals surface area (Å²) in [6, 6.07) is 3.01.